The highest BCUT2D eigenvalue weighted by molar-refractivity contribution is 8.00. The molecule has 7 heteroatoms. The average Bonchev–Trinajstić information content (AvgIpc) is 3.04. The Kier molecular flexibility index (Phi) is 5.41. The lowest BCUT2D eigenvalue weighted by molar-refractivity contribution is -0.116. The van der Waals surface area contributed by atoms with Crippen LogP contribution in [0.1, 0.15) is 11.1 Å². The summed E-state index contributed by atoms with van der Waals surface area (Å²) in [6.07, 6.45) is 0.674. The van der Waals surface area contributed by atoms with Gasteiger partial charge in [0.1, 0.15) is 0 Å². The number of aryl methyl sites for hydroxylation is 1. The van der Waals surface area contributed by atoms with Gasteiger partial charge in [-0.25, -0.2) is 12.7 Å². The quantitative estimate of drug-likeness (QED) is 0.737. The molecule has 0 saturated carbocycles. The zero-order chi connectivity index (χ0) is 18.9. The maximum atomic E-state index is 12.6. The second-order valence-corrected chi connectivity index (χ2v) is 9.68. The van der Waals surface area contributed by atoms with Gasteiger partial charge in [0.05, 0.1) is 10.6 Å². The van der Waals surface area contributed by atoms with Gasteiger partial charge in [-0.3, -0.25) is 4.79 Å². The first kappa shape index (κ1) is 18.9. The molecule has 138 valence electrons. The minimum absolute atomic E-state index is 0.0394. The number of thioether (sulfide) groups is 1. The third-order valence-corrected chi connectivity index (χ3v) is 7.22. The standard InChI is InChI=1S/C19H22N2O3S2/c1-14-4-6-16(7-5-14)25-13-19(22)21-11-10-15-12-17(8-9-18(15)21)26(23,24)20(2)3/h4-9,12H,10-11,13H2,1-3H3. The van der Waals surface area contributed by atoms with Gasteiger partial charge in [0.2, 0.25) is 15.9 Å². The van der Waals surface area contributed by atoms with E-state index >= 15 is 0 Å². The lowest BCUT2D eigenvalue weighted by atomic mass is 10.2. The van der Waals surface area contributed by atoms with Crippen LogP contribution in [0.2, 0.25) is 0 Å². The van der Waals surface area contributed by atoms with E-state index in [4.69, 9.17) is 0 Å². The number of carbonyl (C=O) groups excluding carboxylic acids is 1. The molecule has 1 aliphatic rings. The molecule has 1 heterocycles. The van der Waals surface area contributed by atoms with Crippen molar-refractivity contribution in [3.8, 4) is 0 Å². The largest absolute Gasteiger partial charge is 0.311 e. The highest BCUT2D eigenvalue weighted by Crippen LogP contribution is 2.31. The third kappa shape index (κ3) is 3.79. The van der Waals surface area contributed by atoms with Gasteiger partial charge in [0.15, 0.2) is 0 Å². The summed E-state index contributed by atoms with van der Waals surface area (Å²) < 4.78 is 25.7. The Labute approximate surface area is 159 Å². The topological polar surface area (TPSA) is 57.7 Å². The number of amides is 1. The van der Waals surface area contributed by atoms with Crippen molar-refractivity contribution in [2.75, 3.05) is 31.3 Å². The molecule has 1 amide bonds. The molecule has 2 aromatic rings. The molecule has 0 spiro atoms. The van der Waals surface area contributed by atoms with E-state index in [2.05, 4.69) is 0 Å². The fourth-order valence-corrected chi connectivity index (χ4v) is 4.59. The number of hydrogen-bond donors (Lipinski definition) is 0. The van der Waals surface area contributed by atoms with Crippen LogP contribution < -0.4 is 4.90 Å². The second kappa shape index (κ2) is 7.42. The summed E-state index contributed by atoms with van der Waals surface area (Å²) in [5.41, 5.74) is 2.91. The van der Waals surface area contributed by atoms with Gasteiger partial charge in [-0.15, -0.1) is 11.8 Å². The Morgan fingerprint density at radius 1 is 1.15 bits per heavy atom. The summed E-state index contributed by atoms with van der Waals surface area (Å²) in [4.78, 5) is 15.7. The van der Waals surface area contributed by atoms with Crippen LogP contribution in [0.4, 0.5) is 5.69 Å². The van der Waals surface area contributed by atoms with Crippen molar-refractivity contribution in [3.63, 3.8) is 0 Å². The maximum absolute atomic E-state index is 12.6. The Bertz CT molecular complexity index is 922. The highest BCUT2D eigenvalue weighted by Gasteiger charge is 2.27. The first-order valence-corrected chi connectivity index (χ1v) is 10.8. The first-order valence-electron chi connectivity index (χ1n) is 8.34. The summed E-state index contributed by atoms with van der Waals surface area (Å²) in [5.74, 6) is 0.401. The number of sulfonamides is 1. The molecule has 0 bridgehead atoms. The van der Waals surface area contributed by atoms with E-state index < -0.39 is 10.0 Å². The Balaban J connectivity index is 1.73. The van der Waals surface area contributed by atoms with Crippen LogP contribution in [-0.4, -0.2) is 45.0 Å². The van der Waals surface area contributed by atoms with Crippen molar-refractivity contribution < 1.29 is 13.2 Å². The molecular weight excluding hydrogens is 368 g/mol. The maximum Gasteiger partial charge on any atom is 0.242 e. The number of anilines is 1. The zero-order valence-corrected chi connectivity index (χ0v) is 16.7. The van der Waals surface area contributed by atoms with Gasteiger partial charge in [-0.2, -0.15) is 0 Å². The van der Waals surface area contributed by atoms with Gasteiger partial charge in [-0.1, -0.05) is 17.7 Å². The van der Waals surface area contributed by atoms with Crippen molar-refractivity contribution in [1.82, 2.24) is 4.31 Å². The molecule has 0 unspecified atom stereocenters. The molecule has 0 aromatic heterocycles. The zero-order valence-electron chi connectivity index (χ0n) is 15.1. The molecule has 0 atom stereocenters. The van der Waals surface area contributed by atoms with E-state index in [9.17, 15) is 13.2 Å². The molecule has 0 fully saturated rings. The van der Waals surface area contributed by atoms with Gasteiger partial charge in [0.25, 0.3) is 0 Å². The van der Waals surface area contributed by atoms with E-state index in [1.807, 2.05) is 31.2 Å². The highest BCUT2D eigenvalue weighted by atomic mass is 32.2. The summed E-state index contributed by atoms with van der Waals surface area (Å²) >= 11 is 1.52. The molecule has 1 aliphatic heterocycles. The van der Waals surface area contributed by atoms with Crippen LogP contribution in [0.3, 0.4) is 0 Å². The smallest absolute Gasteiger partial charge is 0.242 e. The average molecular weight is 391 g/mol. The van der Waals surface area contributed by atoms with Crippen LogP contribution in [-0.2, 0) is 21.2 Å². The van der Waals surface area contributed by atoms with Crippen molar-refractivity contribution in [1.29, 1.82) is 0 Å². The molecule has 0 saturated heterocycles. The molecule has 0 N–H and O–H groups in total. The number of benzene rings is 2. The van der Waals surface area contributed by atoms with Crippen molar-refractivity contribution in [2.24, 2.45) is 0 Å². The van der Waals surface area contributed by atoms with Crippen molar-refractivity contribution >= 4 is 33.4 Å². The molecular formula is C19H22N2O3S2. The van der Waals surface area contributed by atoms with E-state index in [0.717, 1.165) is 16.1 Å². The molecule has 5 nitrogen and oxygen atoms in total. The number of rotatable bonds is 5. The van der Waals surface area contributed by atoms with Crippen molar-refractivity contribution in [2.45, 2.75) is 23.1 Å². The second-order valence-electron chi connectivity index (χ2n) is 6.48. The number of hydrogen-bond acceptors (Lipinski definition) is 4. The Hall–Kier alpha value is -1.83. The molecule has 0 radical (unpaired) electrons. The Morgan fingerprint density at radius 3 is 2.50 bits per heavy atom. The number of carbonyl (C=O) groups is 1. The SMILES string of the molecule is Cc1ccc(SCC(=O)N2CCc3cc(S(=O)(=O)N(C)C)ccc32)cc1. The fourth-order valence-electron chi connectivity index (χ4n) is 2.87. The third-order valence-electron chi connectivity index (χ3n) is 4.41. The summed E-state index contributed by atoms with van der Waals surface area (Å²) in [7, 11) is -0.431. The summed E-state index contributed by atoms with van der Waals surface area (Å²) in [6, 6.07) is 13.1. The van der Waals surface area contributed by atoms with Gasteiger partial charge in [-0.05, 0) is 49.2 Å². The van der Waals surface area contributed by atoms with Gasteiger partial charge in [0, 0.05) is 31.2 Å². The van der Waals surface area contributed by atoms with E-state index in [1.54, 1.807) is 23.1 Å². The predicted octanol–water partition coefficient (Wildman–Crippen LogP) is 2.93. The van der Waals surface area contributed by atoms with Gasteiger partial charge < -0.3 is 4.90 Å². The Morgan fingerprint density at radius 2 is 1.85 bits per heavy atom. The van der Waals surface area contributed by atoms with Gasteiger partial charge >= 0.3 is 0 Å². The lowest BCUT2D eigenvalue weighted by Crippen LogP contribution is -2.30. The minimum Gasteiger partial charge on any atom is -0.311 e. The van der Waals surface area contributed by atoms with Crippen molar-refractivity contribution in [3.05, 3.63) is 53.6 Å². The van der Waals surface area contributed by atoms with Crippen LogP contribution in [0.25, 0.3) is 0 Å². The molecule has 0 aliphatic carbocycles. The van der Waals surface area contributed by atoms with E-state index in [1.165, 1.54) is 35.7 Å². The lowest BCUT2D eigenvalue weighted by Gasteiger charge is -2.18. The monoisotopic (exact) mass is 390 g/mol. The minimum atomic E-state index is -3.46. The van der Waals surface area contributed by atoms with Crippen LogP contribution in [0, 0.1) is 6.92 Å². The van der Waals surface area contributed by atoms with Crippen LogP contribution in [0.5, 0.6) is 0 Å². The molecule has 2 aromatic carbocycles. The van der Waals surface area contributed by atoms with E-state index in [-0.39, 0.29) is 10.8 Å². The normalized spacial score (nSPS) is 13.9. The first-order chi connectivity index (χ1) is 12.3. The number of nitrogens with zero attached hydrogens (tertiary/aromatic N) is 2. The molecule has 3 rings (SSSR count). The van der Waals surface area contributed by atoms with E-state index in [0.29, 0.717) is 18.7 Å². The van der Waals surface area contributed by atoms with Crippen LogP contribution in [0.15, 0.2) is 52.3 Å². The van der Waals surface area contributed by atoms with Crippen LogP contribution >= 0.6 is 11.8 Å². The molecule has 26 heavy (non-hydrogen) atoms. The summed E-state index contributed by atoms with van der Waals surface area (Å²) in [6.45, 7) is 2.62. The predicted molar refractivity (Wildman–Crippen MR) is 105 cm³/mol. The number of fused-ring (bicyclic) bond motifs is 1. The summed E-state index contributed by atoms with van der Waals surface area (Å²) in [5, 5.41) is 0. The fraction of sp³-hybridized carbons (Fsp3) is 0.316.